The van der Waals surface area contributed by atoms with E-state index in [0.717, 1.165) is 0 Å². The average Bonchev–Trinajstić information content (AvgIpc) is 2.37. The molecule has 0 spiro atoms. The van der Waals surface area contributed by atoms with E-state index in [1.807, 2.05) is 0 Å². The van der Waals surface area contributed by atoms with Crippen LogP contribution in [0.15, 0.2) is 29.2 Å². The number of carboxylic acid groups (broad SMARTS) is 1. The minimum absolute atomic E-state index is 0.219. The Hall–Kier alpha value is -2.37. The molecule has 1 N–H and O–H groups in total. The average molecular weight is 263 g/mol. The summed E-state index contributed by atoms with van der Waals surface area (Å²) in [7, 11) is 0. The normalized spacial score (nSPS) is 21.2. The van der Waals surface area contributed by atoms with Crippen LogP contribution in [-0.4, -0.2) is 22.0 Å². The van der Waals surface area contributed by atoms with E-state index in [1.165, 1.54) is 22.9 Å². The van der Waals surface area contributed by atoms with Gasteiger partial charge in [-0.3, -0.25) is 4.79 Å². The fourth-order valence-electron chi connectivity index (χ4n) is 2.29. The summed E-state index contributed by atoms with van der Waals surface area (Å²) in [5.74, 6) is -1.08. The van der Waals surface area contributed by atoms with Crippen molar-refractivity contribution < 1.29 is 19.0 Å². The molecular weight excluding hydrogens is 253 g/mol. The van der Waals surface area contributed by atoms with E-state index in [1.54, 1.807) is 13.0 Å². The van der Waals surface area contributed by atoms with Gasteiger partial charge in [0.2, 0.25) is 5.43 Å². The first-order chi connectivity index (χ1) is 9.00. The first-order valence-corrected chi connectivity index (χ1v) is 5.72. The van der Waals surface area contributed by atoms with E-state index in [2.05, 4.69) is 0 Å². The second kappa shape index (κ2) is 3.81. The standard InChI is InChI=1S/C13H10FNO4/c1-6-12(14)19-9-4-2-3-7-10(9)15(6)5-8(11(7)16)13(17)18/h2-6,12H,1H3,(H,17,18)/t6-,12?/m1/s1. The molecule has 0 aliphatic carbocycles. The summed E-state index contributed by atoms with van der Waals surface area (Å²) in [6, 6.07) is 3.91. The second-order valence-corrected chi connectivity index (χ2v) is 4.45. The van der Waals surface area contributed by atoms with Crippen molar-refractivity contribution in [2.75, 3.05) is 0 Å². The fourth-order valence-corrected chi connectivity index (χ4v) is 2.29. The van der Waals surface area contributed by atoms with Crippen LogP contribution in [0.3, 0.4) is 0 Å². The lowest BCUT2D eigenvalue weighted by atomic mass is 10.1. The Morgan fingerprint density at radius 3 is 2.89 bits per heavy atom. The van der Waals surface area contributed by atoms with Gasteiger partial charge in [0.05, 0.1) is 16.9 Å². The van der Waals surface area contributed by atoms with Crippen LogP contribution in [0.25, 0.3) is 10.9 Å². The summed E-state index contributed by atoms with van der Waals surface area (Å²) < 4.78 is 20.3. The number of hydrogen-bond donors (Lipinski definition) is 1. The molecule has 2 heterocycles. The van der Waals surface area contributed by atoms with Gasteiger partial charge in [-0.15, -0.1) is 0 Å². The van der Waals surface area contributed by atoms with Gasteiger partial charge in [-0.2, -0.15) is 4.39 Å². The SMILES string of the molecule is C[C@@H]1C(F)Oc2cccc3c(=O)c(C(=O)O)cn1c23. The Bertz CT molecular complexity index is 752. The molecule has 0 fully saturated rings. The number of halogens is 1. The number of nitrogens with zero attached hydrogens (tertiary/aromatic N) is 1. The van der Waals surface area contributed by atoms with Crippen LogP contribution in [0.4, 0.5) is 4.39 Å². The van der Waals surface area contributed by atoms with Crippen molar-refractivity contribution in [1.29, 1.82) is 0 Å². The molecule has 98 valence electrons. The molecule has 0 amide bonds. The first-order valence-electron chi connectivity index (χ1n) is 5.72. The highest BCUT2D eigenvalue weighted by molar-refractivity contribution is 5.94. The summed E-state index contributed by atoms with van der Waals surface area (Å²) in [5.41, 5.74) is -0.529. The van der Waals surface area contributed by atoms with Gasteiger partial charge < -0.3 is 14.4 Å². The number of alkyl halides is 1. The molecular formula is C13H10FNO4. The van der Waals surface area contributed by atoms with Gasteiger partial charge in [0, 0.05) is 6.20 Å². The quantitative estimate of drug-likeness (QED) is 0.853. The van der Waals surface area contributed by atoms with Gasteiger partial charge in [0.15, 0.2) is 0 Å². The van der Waals surface area contributed by atoms with E-state index in [0.29, 0.717) is 5.52 Å². The predicted molar refractivity (Wildman–Crippen MR) is 65.4 cm³/mol. The predicted octanol–water partition coefficient (Wildman–Crippen LogP) is 1.95. The molecule has 0 bridgehead atoms. The Morgan fingerprint density at radius 1 is 1.47 bits per heavy atom. The van der Waals surface area contributed by atoms with E-state index in [4.69, 9.17) is 9.84 Å². The highest BCUT2D eigenvalue weighted by atomic mass is 19.1. The summed E-state index contributed by atoms with van der Waals surface area (Å²) in [4.78, 5) is 23.1. The molecule has 1 aromatic heterocycles. The van der Waals surface area contributed by atoms with Crippen molar-refractivity contribution in [3.05, 3.63) is 40.2 Å². The number of rotatable bonds is 1. The van der Waals surface area contributed by atoms with E-state index >= 15 is 0 Å². The number of aromatic nitrogens is 1. The summed E-state index contributed by atoms with van der Waals surface area (Å²) in [5, 5.41) is 9.26. The largest absolute Gasteiger partial charge is 0.477 e. The van der Waals surface area contributed by atoms with Gasteiger partial charge in [-0.1, -0.05) is 6.07 Å². The van der Waals surface area contributed by atoms with Crippen LogP contribution in [0.1, 0.15) is 23.3 Å². The molecule has 3 rings (SSSR count). The lowest BCUT2D eigenvalue weighted by molar-refractivity contribution is 0.0166. The molecule has 1 aliphatic heterocycles. The molecule has 1 unspecified atom stereocenters. The van der Waals surface area contributed by atoms with Crippen molar-refractivity contribution in [1.82, 2.24) is 4.57 Å². The molecule has 1 aliphatic rings. The summed E-state index contributed by atoms with van der Waals surface area (Å²) in [6.07, 6.45) is -0.404. The van der Waals surface area contributed by atoms with E-state index in [-0.39, 0.29) is 16.7 Å². The number of para-hydroxylation sites is 1. The van der Waals surface area contributed by atoms with Crippen LogP contribution in [-0.2, 0) is 0 Å². The number of benzene rings is 1. The Labute approximate surface area is 106 Å². The highest BCUT2D eigenvalue weighted by Crippen LogP contribution is 2.34. The number of hydrogen-bond acceptors (Lipinski definition) is 3. The number of carbonyl (C=O) groups is 1. The van der Waals surface area contributed by atoms with Gasteiger partial charge >= 0.3 is 5.97 Å². The lowest BCUT2D eigenvalue weighted by Crippen LogP contribution is -2.31. The summed E-state index contributed by atoms with van der Waals surface area (Å²) in [6.45, 7) is 1.57. The zero-order valence-electron chi connectivity index (χ0n) is 9.96. The van der Waals surface area contributed by atoms with Crippen molar-refractivity contribution in [2.24, 2.45) is 0 Å². The monoisotopic (exact) mass is 263 g/mol. The Morgan fingerprint density at radius 2 is 2.21 bits per heavy atom. The van der Waals surface area contributed by atoms with Gasteiger partial charge in [0.25, 0.3) is 6.36 Å². The maximum absolute atomic E-state index is 13.7. The van der Waals surface area contributed by atoms with Crippen molar-refractivity contribution in [2.45, 2.75) is 19.3 Å². The number of pyridine rings is 1. The Kier molecular flexibility index (Phi) is 2.35. The second-order valence-electron chi connectivity index (χ2n) is 4.45. The number of aromatic carboxylic acids is 1. The molecule has 2 atom stereocenters. The van der Waals surface area contributed by atoms with Crippen LogP contribution in [0.2, 0.25) is 0 Å². The third kappa shape index (κ3) is 1.53. The third-order valence-electron chi connectivity index (χ3n) is 3.30. The van der Waals surface area contributed by atoms with Crippen LogP contribution >= 0.6 is 0 Å². The van der Waals surface area contributed by atoms with Crippen molar-refractivity contribution in [3.63, 3.8) is 0 Å². The van der Waals surface area contributed by atoms with Crippen molar-refractivity contribution in [3.8, 4) is 5.75 Å². The van der Waals surface area contributed by atoms with Crippen LogP contribution in [0.5, 0.6) is 5.75 Å². The first kappa shape index (κ1) is 11.7. The Balaban J connectivity index is 2.49. The van der Waals surface area contributed by atoms with Crippen LogP contribution < -0.4 is 10.2 Å². The smallest absolute Gasteiger partial charge is 0.341 e. The maximum Gasteiger partial charge on any atom is 0.341 e. The summed E-state index contributed by atoms with van der Waals surface area (Å²) >= 11 is 0. The third-order valence-corrected chi connectivity index (χ3v) is 3.30. The lowest BCUT2D eigenvalue weighted by Gasteiger charge is -2.29. The molecule has 0 saturated carbocycles. The molecule has 0 saturated heterocycles. The number of ether oxygens (including phenoxy) is 1. The fraction of sp³-hybridized carbons (Fsp3) is 0.231. The van der Waals surface area contributed by atoms with Gasteiger partial charge in [-0.25, -0.2) is 4.79 Å². The molecule has 1 aromatic carbocycles. The molecule has 19 heavy (non-hydrogen) atoms. The molecule has 5 nitrogen and oxygen atoms in total. The zero-order valence-corrected chi connectivity index (χ0v) is 9.96. The van der Waals surface area contributed by atoms with Crippen LogP contribution in [0, 0.1) is 0 Å². The zero-order chi connectivity index (χ0) is 13.7. The minimum atomic E-state index is -1.58. The molecule has 6 heteroatoms. The minimum Gasteiger partial charge on any atom is -0.477 e. The van der Waals surface area contributed by atoms with Crippen molar-refractivity contribution >= 4 is 16.9 Å². The van der Waals surface area contributed by atoms with E-state index < -0.39 is 23.8 Å². The molecule has 0 radical (unpaired) electrons. The molecule has 2 aromatic rings. The van der Waals surface area contributed by atoms with Gasteiger partial charge in [0.1, 0.15) is 11.3 Å². The highest BCUT2D eigenvalue weighted by Gasteiger charge is 2.29. The maximum atomic E-state index is 13.7. The van der Waals surface area contributed by atoms with Gasteiger partial charge in [-0.05, 0) is 19.1 Å². The number of carboxylic acids is 1. The van der Waals surface area contributed by atoms with E-state index in [9.17, 15) is 14.0 Å². The topological polar surface area (TPSA) is 68.5 Å².